The number of benzene rings is 4. The molecule has 160 valence electrons. The lowest BCUT2D eigenvalue weighted by molar-refractivity contribution is 0.475. The minimum Gasteiger partial charge on any atom is -0.508 e. The zero-order chi connectivity index (χ0) is 22.3. The van der Waals surface area contributed by atoms with Gasteiger partial charge in [-0.3, -0.25) is 0 Å². The van der Waals surface area contributed by atoms with E-state index in [2.05, 4.69) is 81.4 Å². The van der Waals surface area contributed by atoms with E-state index >= 15 is 0 Å². The van der Waals surface area contributed by atoms with Gasteiger partial charge in [0.1, 0.15) is 5.75 Å². The molecule has 4 aromatic carbocycles. The molecule has 0 aromatic heterocycles. The van der Waals surface area contributed by atoms with Crippen LogP contribution in [0.1, 0.15) is 50.3 Å². The molecule has 32 heavy (non-hydrogen) atoms. The molecule has 0 fully saturated rings. The van der Waals surface area contributed by atoms with Gasteiger partial charge in [0.15, 0.2) is 0 Å². The van der Waals surface area contributed by atoms with Crippen LogP contribution in [0, 0.1) is 0 Å². The van der Waals surface area contributed by atoms with Gasteiger partial charge in [-0.15, -0.1) is 0 Å². The zero-order valence-corrected chi connectivity index (χ0v) is 19.2. The number of phenols is 1. The van der Waals surface area contributed by atoms with Gasteiger partial charge in [0, 0.05) is 5.41 Å². The van der Waals surface area contributed by atoms with Crippen molar-refractivity contribution in [2.75, 3.05) is 0 Å². The Morgan fingerprint density at radius 2 is 1.09 bits per heavy atom. The maximum Gasteiger partial charge on any atom is 0.115 e. The maximum atomic E-state index is 9.63. The number of aromatic hydroxyl groups is 1. The summed E-state index contributed by atoms with van der Waals surface area (Å²) in [6.45, 7) is 6.90. The molecule has 0 bridgehead atoms. The van der Waals surface area contributed by atoms with Crippen LogP contribution < -0.4 is 0 Å². The van der Waals surface area contributed by atoms with Gasteiger partial charge in [0.05, 0.1) is 0 Å². The summed E-state index contributed by atoms with van der Waals surface area (Å²) in [5, 5.41) is 9.63. The van der Waals surface area contributed by atoms with E-state index in [0.717, 1.165) is 12.0 Å². The van der Waals surface area contributed by atoms with Crippen LogP contribution >= 0.6 is 0 Å². The average molecular weight is 419 g/mol. The van der Waals surface area contributed by atoms with Crippen molar-refractivity contribution in [2.45, 2.75) is 45.4 Å². The highest BCUT2D eigenvalue weighted by Gasteiger charge is 2.35. The fourth-order valence-corrected chi connectivity index (χ4v) is 5.00. The van der Waals surface area contributed by atoms with Gasteiger partial charge in [0.2, 0.25) is 0 Å². The summed E-state index contributed by atoms with van der Waals surface area (Å²) in [5.74, 6) is 0.300. The summed E-state index contributed by atoms with van der Waals surface area (Å²) < 4.78 is 0. The molecule has 0 unspecified atom stereocenters. The number of rotatable bonds is 5. The van der Waals surface area contributed by atoms with E-state index in [-0.39, 0.29) is 5.41 Å². The topological polar surface area (TPSA) is 20.2 Å². The molecule has 0 saturated heterocycles. The molecule has 0 amide bonds. The summed E-state index contributed by atoms with van der Waals surface area (Å²) in [4.78, 5) is 0. The van der Waals surface area contributed by atoms with Gasteiger partial charge in [-0.2, -0.15) is 0 Å². The molecular formula is C31H30O. The van der Waals surface area contributed by atoms with Crippen LogP contribution in [0.4, 0.5) is 0 Å². The third-order valence-corrected chi connectivity index (χ3v) is 6.98. The first kappa shape index (κ1) is 20.6. The summed E-state index contributed by atoms with van der Waals surface area (Å²) in [5.41, 5.74) is 11.7. The summed E-state index contributed by atoms with van der Waals surface area (Å²) >= 11 is 0. The number of unbranched alkanes of at least 4 members (excludes halogenated alkanes) is 1. The fourth-order valence-electron chi connectivity index (χ4n) is 5.00. The minimum atomic E-state index is -0.0608. The Hall–Kier alpha value is -3.32. The SMILES string of the molecule is CCCCc1ccc(-c2ccc3c(c2)C(C)(C)c2cc(-c4ccc(O)cc4)ccc2-3)cc1. The molecule has 1 aliphatic carbocycles. The van der Waals surface area contributed by atoms with Crippen molar-refractivity contribution in [2.24, 2.45) is 0 Å². The quantitative estimate of drug-likeness (QED) is 0.345. The Kier molecular flexibility index (Phi) is 5.13. The van der Waals surface area contributed by atoms with Crippen LogP contribution in [0.3, 0.4) is 0 Å². The molecule has 0 saturated carbocycles. The summed E-state index contributed by atoms with van der Waals surface area (Å²) in [6, 6.07) is 30.3. The van der Waals surface area contributed by atoms with Crippen molar-refractivity contribution in [3.63, 3.8) is 0 Å². The van der Waals surface area contributed by atoms with E-state index in [9.17, 15) is 5.11 Å². The van der Waals surface area contributed by atoms with E-state index in [1.54, 1.807) is 12.1 Å². The normalized spacial score (nSPS) is 13.6. The maximum absolute atomic E-state index is 9.63. The first-order valence-corrected chi connectivity index (χ1v) is 11.7. The van der Waals surface area contributed by atoms with Crippen molar-refractivity contribution in [3.8, 4) is 39.1 Å². The van der Waals surface area contributed by atoms with Gasteiger partial charge < -0.3 is 5.11 Å². The van der Waals surface area contributed by atoms with E-state index < -0.39 is 0 Å². The zero-order valence-electron chi connectivity index (χ0n) is 19.2. The van der Waals surface area contributed by atoms with Crippen molar-refractivity contribution >= 4 is 0 Å². The Morgan fingerprint density at radius 1 is 0.625 bits per heavy atom. The van der Waals surface area contributed by atoms with Crippen LogP contribution in [0.25, 0.3) is 33.4 Å². The Morgan fingerprint density at radius 3 is 1.59 bits per heavy atom. The Labute approximate surface area is 191 Å². The monoisotopic (exact) mass is 418 g/mol. The lowest BCUT2D eigenvalue weighted by Gasteiger charge is -2.22. The largest absolute Gasteiger partial charge is 0.508 e. The molecule has 0 radical (unpaired) electrons. The Bertz CT molecular complexity index is 1260. The van der Waals surface area contributed by atoms with E-state index in [1.165, 1.54) is 57.3 Å². The third kappa shape index (κ3) is 3.52. The molecule has 1 aliphatic rings. The van der Waals surface area contributed by atoms with Gasteiger partial charge in [-0.25, -0.2) is 0 Å². The van der Waals surface area contributed by atoms with Crippen LogP contribution in [0.2, 0.25) is 0 Å². The molecule has 5 rings (SSSR count). The number of aryl methyl sites for hydroxylation is 1. The minimum absolute atomic E-state index is 0.0608. The summed E-state index contributed by atoms with van der Waals surface area (Å²) in [6.07, 6.45) is 3.64. The second-order valence-corrected chi connectivity index (χ2v) is 9.49. The van der Waals surface area contributed by atoms with Crippen molar-refractivity contribution < 1.29 is 5.11 Å². The predicted molar refractivity (Wildman–Crippen MR) is 135 cm³/mol. The van der Waals surface area contributed by atoms with Crippen LogP contribution in [0.5, 0.6) is 5.75 Å². The van der Waals surface area contributed by atoms with E-state index in [1.807, 2.05) is 12.1 Å². The molecule has 0 heterocycles. The highest BCUT2D eigenvalue weighted by molar-refractivity contribution is 5.85. The summed E-state index contributed by atoms with van der Waals surface area (Å²) in [7, 11) is 0. The third-order valence-electron chi connectivity index (χ3n) is 6.98. The van der Waals surface area contributed by atoms with Crippen LogP contribution in [-0.4, -0.2) is 5.11 Å². The number of hydrogen-bond donors (Lipinski definition) is 1. The van der Waals surface area contributed by atoms with E-state index in [0.29, 0.717) is 5.75 Å². The molecular weight excluding hydrogens is 388 g/mol. The van der Waals surface area contributed by atoms with Crippen LogP contribution in [0.15, 0.2) is 84.9 Å². The number of hydrogen-bond acceptors (Lipinski definition) is 1. The molecule has 0 spiro atoms. The molecule has 0 aliphatic heterocycles. The molecule has 1 heteroatoms. The second-order valence-electron chi connectivity index (χ2n) is 9.49. The molecule has 4 aromatic rings. The highest BCUT2D eigenvalue weighted by atomic mass is 16.3. The average Bonchev–Trinajstić information content (AvgIpc) is 3.04. The highest BCUT2D eigenvalue weighted by Crippen LogP contribution is 2.50. The van der Waals surface area contributed by atoms with Gasteiger partial charge in [-0.05, 0) is 87.2 Å². The van der Waals surface area contributed by atoms with Crippen molar-refractivity contribution in [3.05, 3.63) is 102 Å². The van der Waals surface area contributed by atoms with E-state index in [4.69, 9.17) is 0 Å². The second kappa shape index (κ2) is 7.98. The molecule has 0 atom stereocenters. The lowest BCUT2D eigenvalue weighted by Crippen LogP contribution is -2.15. The smallest absolute Gasteiger partial charge is 0.115 e. The standard InChI is InChI=1S/C31H30O/c1-4-5-6-21-7-9-22(10-8-21)24-13-17-27-28-18-14-25(23-11-15-26(32)16-12-23)20-30(28)31(2,3)29(27)19-24/h7-20,32H,4-6H2,1-3H3. The van der Waals surface area contributed by atoms with Crippen LogP contribution in [-0.2, 0) is 11.8 Å². The van der Waals surface area contributed by atoms with Gasteiger partial charge >= 0.3 is 0 Å². The van der Waals surface area contributed by atoms with Crippen molar-refractivity contribution in [1.82, 2.24) is 0 Å². The van der Waals surface area contributed by atoms with Gasteiger partial charge in [-0.1, -0.05) is 87.9 Å². The number of fused-ring (bicyclic) bond motifs is 3. The predicted octanol–water partition coefficient (Wildman–Crippen LogP) is 8.38. The molecule has 1 N–H and O–H groups in total. The fraction of sp³-hybridized carbons (Fsp3) is 0.226. The van der Waals surface area contributed by atoms with Crippen molar-refractivity contribution in [1.29, 1.82) is 0 Å². The Balaban J connectivity index is 1.51. The lowest BCUT2D eigenvalue weighted by atomic mass is 9.81. The molecule has 1 nitrogen and oxygen atoms in total. The number of phenolic OH excluding ortho intramolecular Hbond substituents is 1. The van der Waals surface area contributed by atoms with Gasteiger partial charge in [0.25, 0.3) is 0 Å². The first-order chi connectivity index (χ1) is 15.5. The first-order valence-electron chi connectivity index (χ1n) is 11.7.